The Balaban J connectivity index is 2.90. The van der Waals surface area contributed by atoms with Gasteiger partial charge in [-0.25, -0.2) is 4.79 Å². The Kier molecular flexibility index (Phi) is 4.00. The van der Waals surface area contributed by atoms with Crippen LogP contribution in [-0.4, -0.2) is 39.7 Å². The number of aromatic amines is 1. The van der Waals surface area contributed by atoms with Crippen LogP contribution in [0, 0.1) is 6.92 Å². The molecule has 7 nitrogen and oxygen atoms in total. The fourth-order valence-electron chi connectivity index (χ4n) is 1.17. The molecule has 0 unspecified atom stereocenters. The van der Waals surface area contributed by atoms with Crippen LogP contribution in [0.1, 0.15) is 16.1 Å². The molecule has 0 radical (unpaired) electrons. The van der Waals surface area contributed by atoms with Crippen molar-refractivity contribution in [2.24, 2.45) is 0 Å². The zero-order valence-electron chi connectivity index (χ0n) is 9.06. The van der Waals surface area contributed by atoms with E-state index in [1.54, 1.807) is 6.92 Å². The smallest absolute Gasteiger partial charge is 0.328 e. The Morgan fingerprint density at radius 2 is 2.12 bits per heavy atom. The number of carbonyl (C=O) groups is 2. The summed E-state index contributed by atoms with van der Waals surface area (Å²) >= 11 is 0. The Morgan fingerprint density at radius 1 is 1.47 bits per heavy atom. The monoisotopic (exact) mass is 240 g/mol. The van der Waals surface area contributed by atoms with E-state index < -0.39 is 30.1 Å². The Labute approximate surface area is 96.1 Å². The van der Waals surface area contributed by atoms with Crippen LogP contribution >= 0.6 is 0 Å². The fourth-order valence-corrected chi connectivity index (χ4v) is 1.17. The number of amides is 1. The molecule has 1 heterocycles. The van der Waals surface area contributed by atoms with Gasteiger partial charge in [0.25, 0.3) is 11.5 Å². The van der Waals surface area contributed by atoms with E-state index >= 15 is 0 Å². The molecule has 4 N–H and O–H groups in total. The number of aliphatic hydroxyl groups is 1. The minimum atomic E-state index is -1.43. The molecular weight excluding hydrogens is 228 g/mol. The molecule has 0 aliphatic heterocycles. The Hall–Kier alpha value is -2.15. The van der Waals surface area contributed by atoms with Crippen molar-refractivity contribution in [3.05, 3.63) is 33.7 Å². The molecule has 92 valence electrons. The highest BCUT2D eigenvalue weighted by molar-refractivity contribution is 5.96. The van der Waals surface area contributed by atoms with Crippen molar-refractivity contribution in [2.45, 2.75) is 13.0 Å². The molecule has 0 saturated carbocycles. The van der Waals surface area contributed by atoms with Crippen molar-refractivity contribution >= 4 is 11.9 Å². The van der Waals surface area contributed by atoms with Crippen LogP contribution in [0.2, 0.25) is 0 Å². The third kappa shape index (κ3) is 3.15. The van der Waals surface area contributed by atoms with Gasteiger partial charge in [0, 0.05) is 5.69 Å². The molecular formula is C10H12N2O5. The number of hydrogen-bond donors (Lipinski definition) is 4. The lowest BCUT2D eigenvalue weighted by atomic mass is 10.2. The Bertz CT molecular complexity index is 494. The first kappa shape index (κ1) is 12.9. The Morgan fingerprint density at radius 3 is 2.59 bits per heavy atom. The third-order valence-electron chi connectivity index (χ3n) is 2.09. The van der Waals surface area contributed by atoms with Crippen molar-refractivity contribution in [2.75, 3.05) is 6.61 Å². The molecule has 17 heavy (non-hydrogen) atoms. The van der Waals surface area contributed by atoms with Crippen molar-refractivity contribution in [1.29, 1.82) is 0 Å². The predicted molar refractivity (Wildman–Crippen MR) is 57.8 cm³/mol. The second-order valence-corrected chi connectivity index (χ2v) is 3.43. The van der Waals surface area contributed by atoms with E-state index in [4.69, 9.17) is 10.2 Å². The SMILES string of the molecule is Cc1ccc(C(=O)N[C@H](CO)C(=O)O)c(=O)[nH]1. The summed E-state index contributed by atoms with van der Waals surface area (Å²) in [5.41, 5.74) is -0.219. The van der Waals surface area contributed by atoms with Gasteiger partial charge >= 0.3 is 5.97 Å². The molecule has 0 bridgehead atoms. The second kappa shape index (κ2) is 5.26. The van der Waals surface area contributed by atoms with Crippen molar-refractivity contribution in [1.82, 2.24) is 10.3 Å². The molecule has 0 saturated heterocycles. The lowest BCUT2D eigenvalue weighted by Gasteiger charge is -2.11. The van der Waals surface area contributed by atoms with Gasteiger partial charge in [-0.2, -0.15) is 0 Å². The van der Waals surface area contributed by atoms with E-state index in [1.165, 1.54) is 12.1 Å². The van der Waals surface area contributed by atoms with Gasteiger partial charge in [-0.05, 0) is 19.1 Å². The number of carboxylic acid groups (broad SMARTS) is 1. The second-order valence-electron chi connectivity index (χ2n) is 3.43. The molecule has 1 amide bonds. The first-order valence-electron chi connectivity index (χ1n) is 4.80. The summed E-state index contributed by atoms with van der Waals surface area (Å²) in [5.74, 6) is -2.21. The first-order chi connectivity index (χ1) is 7.95. The molecule has 1 aromatic heterocycles. The molecule has 0 aliphatic rings. The highest BCUT2D eigenvalue weighted by Crippen LogP contribution is 1.95. The van der Waals surface area contributed by atoms with E-state index in [0.29, 0.717) is 5.69 Å². The summed E-state index contributed by atoms with van der Waals surface area (Å²) in [6.07, 6.45) is 0. The number of aryl methyl sites for hydroxylation is 1. The van der Waals surface area contributed by atoms with E-state index in [2.05, 4.69) is 4.98 Å². The number of aliphatic hydroxyl groups excluding tert-OH is 1. The number of aromatic nitrogens is 1. The number of H-pyrrole nitrogens is 1. The van der Waals surface area contributed by atoms with Crippen LogP contribution in [0.25, 0.3) is 0 Å². The highest BCUT2D eigenvalue weighted by atomic mass is 16.4. The fraction of sp³-hybridized carbons (Fsp3) is 0.300. The van der Waals surface area contributed by atoms with Crippen LogP contribution < -0.4 is 10.9 Å². The number of aliphatic carboxylic acids is 1. The molecule has 1 rings (SSSR count). The molecule has 0 aliphatic carbocycles. The zero-order chi connectivity index (χ0) is 13.0. The molecule has 0 spiro atoms. The number of rotatable bonds is 4. The standard InChI is InChI=1S/C10H12N2O5/c1-5-2-3-6(8(14)11-5)9(15)12-7(4-13)10(16)17/h2-3,7,13H,4H2,1H3,(H,11,14)(H,12,15)(H,16,17)/t7-/m1/s1. The number of pyridine rings is 1. The summed E-state index contributed by atoms with van der Waals surface area (Å²) in [6, 6.07) is 1.38. The molecule has 0 fully saturated rings. The average Bonchev–Trinajstić information content (AvgIpc) is 2.24. The van der Waals surface area contributed by atoms with E-state index in [-0.39, 0.29) is 5.56 Å². The van der Waals surface area contributed by atoms with Gasteiger partial charge in [0.1, 0.15) is 5.56 Å². The van der Waals surface area contributed by atoms with Gasteiger partial charge in [-0.1, -0.05) is 0 Å². The van der Waals surface area contributed by atoms with Crippen LogP contribution in [0.3, 0.4) is 0 Å². The maximum Gasteiger partial charge on any atom is 0.328 e. The average molecular weight is 240 g/mol. The first-order valence-corrected chi connectivity index (χ1v) is 4.80. The quantitative estimate of drug-likeness (QED) is 0.530. The van der Waals surface area contributed by atoms with Crippen LogP contribution in [0.5, 0.6) is 0 Å². The number of carboxylic acids is 1. The lowest BCUT2D eigenvalue weighted by Crippen LogP contribution is -2.44. The normalized spacial score (nSPS) is 11.9. The van der Waals surface area contributed by atoms with Crippen molar-refractivity contribution < 1.29 is 19.8 Å². The number of hydrogen-bond acceptors (Lipinski definition) is 4. The number of nitrogens with one attached hydrogen (secondary N) is 2. The van der Waals surface area contributed by atoms with Gasteiger partial charge in [-0.15, -0.1) is 0 Å². The summed E-state index contributed by atoms with van der Waals surface area (Å²) in [7, 11) is 0. The zero-order valence-corrected chi connectivity index (χ0v) is 9.06. The van der Waals surface area contributed by atoms with Crippen LogP contribution in [0.15, 0.2) is 16.9 Å². The lowest BCUT2D eigenvalue weighted by molar-refractivity contribution is -0.140. The van der Waals surface area contributed by atoms with E-state index in [9.17, 15) is 14.4 Å². The van der Waals surface area contributed by atoms with Gasteiger partial charge < -0.3 is 20.5 Å². The molecule has 1 atom stereocenters. The van der Waals surface area contributed by atoms with Gasteiger partial charge in [0.15, 0.2) is 6.04 Å². The summed E-state index contributed by atoms with van der Waals surface area (Å²) < 4.78 is 0. The maximum atomic E-state index is 11.5. The molecule has 0 aromatic carbocycles. The third-order valence-corrected chi connectivity index (χ3v) is 2.09. The number of carbonyl (C=O) groups excluding carboxylic acids is 1. The molecule has 1 aromatic rings. The maximum absolute atomic E-state index is 11.5. The predicted octanol–water partition coefficient (Wildman–Crippen LogP) is -1.14. The largest absolute Gasteiger partial charge is 0.480 e. The minimum Gasteiger partial charge on any atom is -0.480 e. The summed E-state index contributed by atoms with van der Waals surface area (Å²) in [5, 5.41) is 19.4. The minimum absolute atomic E-state index is 0.199. The van der Waals surface area contributed by atoms with E-state index in [1.807, 2.05) is 5.32 Å². The van der Waals surface area contributed by atoms with Crippen LogP contribution in [-0.2, 0) is 4.79 Å². The summed E-state index contributed by atoms with van der Waals surface area (Å²) in [6.45, 7) is 0.904. The van der Waals surface area contributed by atoms with Crippen molar-refractivity contribution in [3.8, 4) is 0 Å². The summed E-state index contributed by atoms with van der Waals surface area (Å²) in [4.78, 5) is 35.9. The van der Waals surface area contributed by atoms with Gasteiger partial charge in [0.2, 0.25) is 0 Å². The highest BCUT2D eigenvalue weighted by Gasteiger charge is 2.20. The van der Waals surface area contributed by atoms with Crippen molar-refractivity contribution in [3.63, 3.8) is 0 Å². The van der Waals surface area contributed by atoms with E-state index in [0.717, 1.165) is 0 Å². The molecule has 7 heteroatoms. The topological polar surface area (TPSA) is 119 Å². The van der Waals surface area contributed by atoms with Crippen LogP contribution in [0.4, 0.5) is 0 Å². The van der Waals surface area contributed by atoms with Gasteiger partial charge in [0.05, 0.1) is 6.61 Å². The van der Waals surface area contributed by atoms with Gasteiger partial charge in [-0.3, -0.25) is 9.59 Å².